The van der Waals surface area contributed by atoms with Gasteiger partial charge in [-0.25, -0.2) is 4.79 Å². The summed E-state index contributed by atoms with van der Waals surface area (Å²) in [6.45, 7) is 4.10. The summed E-state index contributed by atoms with van der Waals surface area (Å²) in [4.78, 5) is 22.5. The van der Waals surface area contributed by atoms with Crippen LogP contribution in [-0.4, -0.2) is 17.0 Å². The molecule has 1 amide bonds. The molecule has 0 unspecified atom stereocenters. The van der Waals surface area contributed by atoms with E-state index < -0.39 is 5.97 Å². The number of amides is 1. The van der Waals surface area contributed by atoms with E-state index in [1.165, 1.54) is 12.1 Å². The van der Waals surface area contributed by atoms with Gasteiger partial charge in [0.25, 0.3) is 0 Å². The molecular weight excluding hydrogens is 298 g/mol. The fraction of sp³-hybridized carbons (Fsp3) is 0.385. The number of rotatable bonds is 5. The molecule has 2 N–H and O–H groups in total. The van der Waals surface area contributed by atoms with Crippen molar-refractivity contribution in [3.63, 3.8) is 0 Å². The lowest BCUT2D eigenvalue weighted by atomic mass is 10.1. The Labute approximate surface area is 115 Å². The van der Waals surface area contributed by atoms with Crippen molar-refractivity contribution in [2.75, 3.05) is 5.32 Å². The normalized spacial score (nSPS) is 10.4. The van der Waals surface area contributed by atoms with Crippen LogP contribution in [0.25, 0.3) is 0 Å². The van der Waals surface area contributed by atoms with Crippen LogP contribution in [0.1, 0.15) is 37.0 Å². The Morgan fingerprint density at radius 2 is 2.06 bits per heavy atom. The molecule has 1 aromatic rings. The molecule has 0 atom stereocenters. The van der Waals surface area contributed by atoms with Crippen molar-refractivity contribution in [3.8, 4) is 0 Å². The number of carboxylic acids is 1. The maximum Gasteiger partial charge on any atom is 0.335 e. The molecule has 0 fully saturated rings. The molecule has 0 saturated heterocycles. The third kappa shape index (κ3) is 4.49. The first-order valence-electron chi connectivity index (χ1n) is 5.73. The van der Waals surface area contributed by atoms with E-state index in [0.29, 0.717) is 22.5 Å². The number of anilines is 1. The highest BCUT2D eigenvalue weighted by molar-refractivity contribution is 9.10. The lowest BCUT2D eigenvalue weighted by Gasteiger charge is -2.09. The van der Waals surface area contributed by atoms with Gasteiger partial charge in [-0.15, -0.1) is 0 Å². The summed E-state index contributed by atoms with van der Waals surface area (Å²) >= 11 is 3.28. The highest BCUT2D eigenvalue weighted by Gasteiger charge is 2.10. The molecule has 0 aliphatic carbocycles. The molecule has 0 saturated carbocycles. The molecule has 0 heterocycles. The second-order valence-electron chi connectivity index (χ2n) is 4.48. The summed E-state index contributed by atoms with van der Waals surface area (Å²) in [5.74, 6) is -0.656. The van der Waals surface area contributed by atoms with Gasteiger partial charge in [-0.1, -0.05) is 13.8 Å². The average Bonchev–Trinajstić information content (AvgIpc) is 2.29. The number of aromatic carboxylic acids is 1. The number of hydrogen-bond donors (Lipinski definition) is 2. The molecule has 0 radical (unpaired) electrons. The molecule has 0 spiro atoms. The van der Waals surface area contributed by atoms with Crippen LogP contribution in [0, 0.1) is 5.92 Å². The van der Waals surface area contributed by atoms with Gasteiger partial charge in [0.05, 0.1) is 11.3 Å². The first-order valence-corrected chi connectivity index (χ1v) is 6.52. The number of carbonyl (C=O) groups is 2. The van der Waals surface area contributed by atoms with E-state index in [4.69, 9.17) is 5.11 Å². The summed E-state index contributed by atoms with van der Waals surface area (Å²) < 4.78 is 0.672. The molecule has 4 nitrogen and oxygen atoms in total. The van der Waals surface area contributed by atoms with Gasteiger partial charge >= 0.3 is 5.97 Å². The fourth-order valence-corrected chi connectivity index (χ4v) is 1.73. The number of nitrogens with one attached hydrogen (secondary N) is 1. The quantitative estimate of drug-likeness (QED) is 0.874. The molecule has 5 heteroatoms. The molecule has 98 valence electrons. The summed E-state index contributed by atoms with van der Waals surface area (Å²) in [6.07, 6.45) is 1.24. The minimum atomic E-state index is -1.01. The van der Waals surface area contributed by atoms with E-state index >= 15 is 0 Å². The van der Waals surface area contributed by atoms with Crippen molar-refractivity contribution in [2.45, 2.75) is 26.7 Å². The topological polar surface area (TPSA) is 66.4 Å². The summed E-state index contributed by atoms with van der Waals surface area (Å²) in [6, 6.07) is 4.54. The van der Waals surface area contributed by atoms with E-state index in [2.05, 4.69) is 21.2 Å². The largest absolute Gasteiger partial charge is 0.478 e. The zero-order chi connectivity index (χ0) is 13.7. The number of benzene rings is 1. The van der Waals surface area contributed by atoms with E-state index in [1.54, 1.807) is 6.07 Å². The van der Waals surface area contributed by atoms with Crippen LogP contribution < -0.4 is 5.32 Å². The number of carboxylic acid groups (broad SMARTS) is 1. The standard InChI is InChI=1S/C13H16BrNO3/c1-8(2)3-6-12(16)15-11-7-9(13(17)18)4-5-10(11)14/h4-5,7-8H,3,6H2,1-2H3,(H,15,16)(H,17,18). The van der Waals surface area contributed by atoms with Crippen LogP contribution in [-0.2, 0) is 4.79 Å². The van der Waals surface area contributed by atoms with Crippen molar-refractivity contribution >= 4 is 33.5 Å². The predicted octanol–water partition coefficient (Wildman–Crippen LogP) is 3.52. The fourth-order valence-electron chi connectivity index (χ4n) is 1.39. The molecule has 1 rings (SSSR count). The monoisotopic (exact) mass is 313 g/mol. The Bertz CT molecular complexity index is 458. The SMILES string of the molecule is CC(C)CCC(=O)Nc1cc(C(=O)O)ccc1Br. The van der Waals surface area contributed by atoms with Gasteiger partial charge in [0, 0.05) is 10.9 Å². The van der Waals surface area contributed by atoms with Crippen LogP contribution >= 0.6 is 15.9 Å². The van der Waals surface area contributed by atoms with Crippen molar-refractivity contribution < 1.29 is 14.7 Å². The first kappa shape index (κ1) is 14.7. The van der Waals surface area contributed by atoms with Gasteiger partial charge in [-0.3, -0.25) is 4.79 Å². The number of halogens is 1. The molecular formula is C13H16BrNO3. The Balaban J connectivity index is 2.74. The molecule has 0 aromatic heterocycles. The Hall–Kier alpha value is -1.36. The van der Waals surface area contributed by atoms with Crippen LogP contribution in [0.3, 0.4) is 0 Å². The Kier molecular flexibility index (Phi) is 5.34. The van der Waals surface area contributed by atoms with Gasteiger partial charge < -0.3 is 10.4 Å². The number of carbonyl (C=O) groups excluding carboxylic acids is 1. The van der Waals surface area contributed by atoms with E-state index in [0.717, 1.165) is 6.42 Å². The maximum absolute atomic E-state index is 11.7. The smallest absolute Gasteiger partial charge is 0.335 e. The zero-order valence-electron chi connectivity index (χ0n) is 10.4. The lowest BCUT2D eigenvalue weighted by Crippen LogP contribution is -2.13. The molecule has 0 aliphatic rings. The van der Waals surface area contributed by atoms with Crippen molar-refractivity contribution in [1.29, 1.82) is 0 Å². The summed E-state index contributed by atoms with van der Waals surface area (Å²) in [7, 11) is 0. The summed E-state index contributed by atoms with van der Waals surface area (Å²) in [5, 5.41) is 11.6. The maximum atomic E-state index is 11.7. The van der Waals surface area contributed by atoms with Gasteiger partial charge in [-0.2, -0.15) is 0 Å². The zero-order valence-corrected chi connectivity index (χ0v) is 12.0. The van der Waals surface area contributed by atoms with Crippen LogP contribution in [0.5, 0.6) is 0 Å². The van der Waals surface area contributed by atoms with E-state index in [-0.39, 0.29) is 11.5 Å². The van der Waals surface area contributed by atoms with E-state index in [9.17, 15) is 9.59 Å². The highest BCUT2D eigenvalue weighted by atomic mass is 79.9. The second kappa shape index (κ2) is 6.54. The van der Waals surface area contributed by atoms with E-state index in [1.807, 2.05) is 13.8 Å². The van der Waals surface area contributed by atoms with Crippen molar-refractivity contribution in [1.82, 2.24) is 0 Å². The van der Waals surface area contributed by atoms with Crippen LogP contribution in [0.15, 0.2) is 22.7 Å². The molecule has 0 bridgehead atoms. The Morgan fingerprint density at radius 1 is 1.39 bits per heavy atom. The highest BCUT2D eigenvalue weighted by Crippen LogP contribution is 2.24. The lowest BCUT2D eigenvalue weighted by molar-refractivity contribution is -0.116. The van der Waals surface area contributed by atoms with Crippen molar-refractivity contribution in [3.05, 3.63) is 28.2 Å². The van der Waals surface area contributed by atoms with Crippen molar-refractivity contribution in [2.24, 2.45) is 5.92 Å². The van der Waals surface area contributed by atoms with Crippen LogP contribution in [0.4, 0.5) is 5.69 Å². The second-order valence-corrected chi connectivity index (χ2v) is 5.33. The third-order valence-corrected chi connectivity index (χ3v) is 3.13. The van der Waals surface area contributed by atoms with Crippen LogP contribution in [0.2, 0.25) is 0 Å². The average molecular weight is 314 g/mol. The molecule has 1 aromatic carbocycles. The first-order chi connectivity index (χ1) is 8.40. The van der Waals surface area contributed by atoms with Gasteiger partial charge in [-0.05, 0) is 46.5 Å². The summed E-state index contributed by atoms with van der Waals surface area (Å²) in [5.41, 5.74) is 0.640. The molecule has 0 aliphatic heterocycles. The van der Waals surface area contributed by atoms with Gasteiger partial charge in [0.15, 0.2) is 0 Å². The Morgan fingerprint density at radius 3 is 2.61 bits per heavy atom. The number of hydrogen-bond acceptors (Lipinski definition) is 2. The van der Waals surface area contributed by atoms with Gasteiger partial charge in [0.2, 0.25) is 5.91 Å². The third-order valence-electron chi connectivity index (χ3n) is 2.44. The minimum Gasteiger partial charge on any atom is -0.478 e. The van der Waals surface area contributed by atoms with Gasteiger partial charge in [0.1, 0.15) is 0 Å². The minimum absolute atomic E-state index is 0.105. The predicted molar refractivity (Wildman–Crippen MR) is 73.8 cm³/mol. The molecule has 18 heavy (non-hydrogen) atoms.